The minimum absolute atomic E-state index is 0.0444. The van der Waals surface area contributed by atoms with Crippen molar-refractivity contribution in [1.82, 2.24) is 0 Å². The molecule has 0 aromatic heterocycles. The van der Waals surface area contributed by atoms with Crippen LogP contribution in [0.15, 0.2) is 29.4 Å². The van der Waals surface area contributed by atoms with Crippen molar-refractivity contribution in [2.45, 2.75) is 0 Å². The standard InChI is InChI=1S/C8H7IN2O3/c1-14-10-8(9)6-3-2-4-7(5-6)11(12)13/h2-5H,1H3/b10-8+. The molecule has 0 saturated heterocycles. The number of nitro groups is 1. The highest BCUT2D eigenvalue weighted by Crippen LogP contribution is 2.16. The Morgan fingerprint density at radius 2 is 2.36 bits per heavy atom. The van der Waals surface area contributed by atoms with E-state index < -0.39 is 4.92 Å². The van der Waals surface area contributed by atoms with Crippen molar-refractivity contribution in [2.75, 3.05) is 7.11 Å². The molecular formula is C8H7IN2O3. The molecule has 0 N–H and O–H groups in total. The highest BCUT2D eigenvalue weighted by atomic mass is 127. The Morgan fingerprint density at radius 1 is 1.64 bits per heavy atom. The van der Waals surface area contributed by atoms with E-state index in [0.717, 1.165) is 0 Å². The van der Waals surface area contributed by atoms with E-state index in [1.807, 2.05) is 22.6 Å². The molecule has 1 aromatic carbocycles. The van der Waals surface area contributed by atoms with Crippen molar-refractivity contribution >= 4 is 32.0 Å². The number of nitro benzene ring substituents is 1. The van der Waals surface area contributed by atoms with Crippen molar-refractivity contribution in [3.63, 3.8) is 0 Å². The highest BCUT2D eigenvalue weighted by Gasteiger charge is 2.07. The molecule has 0 amide bonds. The average Bonchev–Trinajstić information content (AvgIpc) is 2.18. The third kappa shape index (κ3) is 2.66. The fourth-order valence-corrected chi connectivity index (χ4v) is 1.41. The zero-order chi connectivity index (χ0) is 10.6. The van der Waals surface area contributed by atoms with Gasteiger partial charge in [0.05, 0.1) is 4.92 Å². The molecule has 0 aliphatic rings. The minimum Gasteiger partial charge on any atom is -0.398 e. The van der Waals surface area contributed by atoms with Crippen LogP contribution in [-0.2, 0) is 4.84 Å². The van der Waals surface area contributed by atoms with Crippen LogP contribution in [0, 0.1) is 10.1 Å². The van der Waals surface area contributed by atoms with Gasteiger partial charge in [0.15, 0.2) is 0 Å². The van der Waals surface area contributed by atoms with E-state index in [4.69, 9.17) is 0 Å². The van der Waals surface area contributed by atoms with Crippen LogP contribution < -0.4 is 0 Å². The van der Waals surface area contributed by atoms with Crippen LogP contribution >= 0.6 is 22.6 Å². The maximum Gasteiger partial charge on any atom is 0.270 e. The summed E-state index contributed by atoms with van der Waals surface area (Å²) in [5.41, 5.74) is 0.713. The van der Waals surface area contributed by atoms with Gasteiger partial charge in [-0.2, -0.15) is 0 Å². The van der Waals surface area contributed by atoms with Gasteiger partial charge in [0, 0.05) is 17.7 Å². The summed E-state index contributed by atoms with van der Waals surface area (Å²) in [6.45, 7) is 0. The third-order valence-electron chi connectivity index (χ3n) is 1.47. The molecule has 0 aliphatic carbocycles. The lowest BCUT2D eigenvalue weighted by molar-refractivity contribution is -0.384. The number of hydrogen-bond acceptors (Lipinski definition) is 4. The molecule has 0 heterocycles. The summed E-state index contributed by atoms with van der Waals surface area (Å²) in [5.74, 6) is 0. The molecule has 0 spiro atoms. The lowest BCUT2D eigenvalue weighted by atomic mass is 10.2. The molecule has 0 saturated carbocycles. The maximum absolute atomic E-state index is 10.5. The Balaban J connectivity index is 3.05. The first-order chi connectivity index (χ1) is 6.65. The van der Waals surface area contributed by atoms with E-state index in [0.29, 0.717) is 9.28 Å². The summed E-state index contributed by atoms with van der Waals surface area (Å²) in [7, 11) is 1.43. The quantitative estimate of drug-likeness (QED) is 0.372. The van der Waals surface area contributed by atoms with Crippen LogP contribution in [0.25, 0.3) is 0 Å². The predicted octanol–water partition coefficient (Wildman–Crippen LogP) is 2.34. The van der Waals surface area contributed by atoms with E-state index in [9.17, 15) is 10.1 Å². The second kappa shape index (κ2) is 4.89. The van der Waals surface area contributed by atoms with Crippen LogP contribution in [0.5, 0.6) is 0 Å². The Hall–Kier alpha value is -1.18. The van der Waals surface area contributed by atoms with Crippen LogP contribution in [-0.4, -0.2) is 15.8 Å². The monoisotopic (exact) mass is 306 g/mol. The zero-order valence-electron chi connectivity index (χ0n) is 7.31. The Kier molecular flexibility index (Phi) is 3.81. The number of rotatable bonds is 3. The van der Waals surface area contributed by atoms with Gasteiger partial charge in [-0.3, -0.25) is 10.1 Å². The van der Waals surface area contributed by atoms with Gasteiger partial charge in [-0.15, -0.1) is 0 Å². The smallest absolute Gasteiger partial charge is 0.270 e. The van der Waals surface area contributed by atoms with Crippen LogP contribution in [0.1, 0.15) is 5.56 Å². The zero-order valence-corrected chi connectivity index (χ0v) is 9.46. The number of halogens is 1. The first kappa shape index (κ1) is 10.9. The SMILES string of the molecule is CO/N=C(/I)c1cccc([N+](=O)[O-])c1. The number of non-ortho nitro benzene ring substituents is 1. The Labute approximate surface area is 94.0 Å². The number of nitrogens with zero attached hydrogens (tertiary/aromatic N) is 2. The minimum atomic E-state index is -0.444. The highest BCUT2D eigenvalue weighted by molar-refractivity contribution is 14.1. The maximum atomic E-state index is 10.5. The average molecular weight is 306 g/mol. The molecule has 74 valence electrons. The number of oxime groups is 1. The van der Waals surface area contributed by atoms with E-state index >= 15 is 0 Å². The predicted molar refractivity (Wildman–Crippen MR) is 60.7 cm³/mol. The number of benzene rings is 1. The van der Waals surface area contributed by atoms with E-state index in [1.165, 1.54) is 19.2 Å². The summed E-state index contributed by atoms with van der Waals surface area (Å²) in [5, 5.41) is 14.1. The van der Waals surface area contributed by atoms with Crippen molar-refractivity contribution in [2.24, 2.45) is 5.16 Å². The second-order valence-electron chi connectivity index (χ2n) is 2.37. The molecule has 5 nitrogen and oxygen atoms in total. The third-order valence-corrected chi connectivity index (χ3v) is 2.29. The summed E-state index contributed by atoms with van der Waals surface area (Å²) in [6, 6.07) is 6.22. The van der Waals surface area contributed by atoms with Gasteiger partial charge in [-0.25, -0.2) is 0 Å². The Morgan fingerprint density at radius 3 is 2.93 bits per heavy atom. The van der Waals surface area contributed by atoms with Crippen LogP contribution in [0.2, 0.25) is 0 Å². The van der Waals surface area contributed by atoms with E-state index in [2.05, 4.69) is 9.99 Å². The second-order valence-corrected chi connectivity index (χ2v) is 3.39. The summed E-state index contributed by atoms with van der Waals surface area (Å²) < 4.78 is 0.578. The van der Waals surface area contributed by atoms with Gasteiger partial charge in [0.2, 0.25) is 0 Å². The largest absolute Gasteiger partial charge is 0.398 e. The topological polar surface area (TPSA) is 64.7 Å². The fourth-order valence-electron chi connectivity index (χ4n) is 0.881. The molecular weight excluding hydrogens is 299 g/mol. The van der Waals surface area contributed by atoms with Crippen molar-refractivity contribution in [3.8, 4) is 0 Å². The molecule has 0 atom stereocenters. The molecule has 14 heavy (non-hydrogen) atoms. The van der Waals surface area contributed by atoms with Gasteiger partial charge in [0.25, 0.3) is 5.69 Å². The van der Waals surface area contributed by atoms with Crippen molar-refractivity contribution in [3.05, 3.63) is 39.9 Å². The van der Waals surface area contributed by atoms with Crippen LogP contribution in [0.4, 0.5) is 5.69 Å². The first-order valence-corrected chi connectivity index (χ1v) is 4.74. The molecule has 1 aromatic rings. The summed E-state index contributed by atoms with van der Waals surface area (Å²) in [6.07, 6.45) is 0. The van der Waals surface area contributed by atoms with Crippen LogP contribution in [0.3, 0.4) is 0 Å². The molecule has 0 unspecified atom stereocenters. The molecule has 0 aliphatic heterocycles. The van der Waals surface area contributed by atoms with E-state index in [-0.39, 0.29) is 5.69 Å². The molecule has 1 rings (SSSR count). The number of hydrogen-bond donors (Lipinski definition) is 0. The molecule has 0 radical (unpaired) electrons. The molecule has 0 bridgehead atoms. The van der Waals surface area contributed by atoms with Gasteiger partial charge in [-0.1, -0.05) is 17.3 Å². The summed E-state index contributed by atoms with van der Waals surface area (Å²) in [4.78, 5) is 14.6. The normalized spacial score (nSPS) is 11.1. The van der Waals surface area contributed by atoms with Crippen molar-refractivity contribution in [1.29, 1.82) is 0 Å². The Bertz CT molecular complexity index is 379. The fraction of sp³-hybridized carbons (Fsp3) is 0.125. The van der Waals surface area contributed by atoms with Gasteiger partial charge >= 0.3 is 0 Å². The van der Waals surface area contributed by atoms with Gasteiger partial charge in [-0.05, 0) is 22.6 Å². The molecule has 6 heteroatoms. The van der Waals surface area contributed by atoms with E-state index in [1.54, 1.807) is 12.1 Å². The lowest BCUT2D eigenvalue weighted by Crippen LogP contribution is -1.94. The van der Waals surface area contributed by atoms with Crippen molar-refractivity contribution < 1.29 is 9.76 Å². The van der Waals surface area contributed by atoms with Gasteiger partial charge in [0.1, 0.15) is 10.8 Å². The molecule has 0 fully saturated rings. The summed E-state index contributed by atoms with van der Waals surface area (Å²) >= 11 is 1.95. The first-order valence-electron chi connectivity index (χ1n) is 3.66. The van der Waals surface area contributed by atoms with Gasteiger partial charge < -0.3 is 4.84 Å². The lowest BCUT2D eigenvalue weighted by Gasteiger charge is -1.97.